The van der Waals surface area contributed by atoms with Crippen LogP contribution in [-0.4, -0.2) is 31.2 Å². The quantitative estimate of drug-likeness (QED) is 0.872. The summed E-state index contributed by atoms with van der Waals surface area (Å²) in [6, 6.07) is 3.15. The maximum absolute atomic E-state index is 12.8. The lowest BCUT2D eigenvalue weighted by molar-refractivity contribution is -0.138. The number of benzene rings is 1. The highest BCUT2D eigenvalue weighted by Gasteiger charge is 2.34. The molecule has 0 unspecified atom stereocenters. The minimum Gasteiger partial charge on any atom is -0.375 e. The number of carbonyl (C=O) groups is 1. The second kappa shape index (κ2) is 7.30. The van der Waals surface area contributed by atoms with Gasteiger partial charge >= 0.3 is 6.18 Å². The van der Waals surface area contributed by atoms with Crippen molar-refractivity contribution in [1.82, 2.24) is 5.32 Å². The van der Waals surface area contributed by atoms with Gasteiger partial charge in [0.25, 0.3) is 0 Å². The van der Waals surface area contributed by atoms with Gasteiger partial charge in [0.05, 0.1) is 18.3 Å². The molecule has 0 radical (unpaired) electrons. The number of carbonyl (C=O) groups excluding carboxylic acids is 1. The summed E-state index contributed by atoms with van der Waals surface area (Å²) in [4.78, 5) is 12.2. The number of morpholine rings is 1. The zero-order chi connectivity index (χ0) is 15.6. The predicted octanol–water partition coefficient (Wildman–Crippen LogP) is 2.75. The van der Waals surface area contributed by atoms with Crippen LogP contribution in [0.5, 0.6) is 0 Å². The van der Waals surface area contributed by atoms with Crippen LogP contribution in [0.4, 0.5) is 18.9 Å². The SMILES string of the molecule is Cc1c(NC(=O)[C@H]2NCCO[C@@H]2C)cccc1C(F)(F)F.Cl. The third kappa shape index (κ3) is 4.12. The second-order valence-corrected chi connectivity index (χ2v) is 4.97. The van der Waals surface area contributed by atoms with Gasteiger partial charge in [0.15, 0.2) is 0 Å². The van der Waals surface area contributed by atoms with Gasteiger partial charge in [-0.1, -0.05) is 6.07 Å². The van der Waals surface area contributed by atoms with E-state index in [0.717, 1.165) is 6.07 Å². The molecule has 1 aliphatic rings. The predicted molar refractivity (Wildman–Crippen MR) is 79.3 cm³/mol. The van der Waals surface area contributed by atoms with Crippen LogP contribution in [0.2, 0.25) is 0 Å². The van der Waals surface area contributed by atoms with E-state index in [2.05, 4.69) is 10.6 Å². The average molecular weight is 339 g/mol. The number of hydrogen-bond donors (Lipinski definition) is 2. The Bertz CT molecular complexity index is 537. The number of rotatable bonds is 2. The van der Waals surface area contributed by atoms with Crippen LogP contribution >= 0.6 is 12.4 Å². The zero-order valence-electron chi connectivity index (χ0n) is 12.2. The molecule has 1 amide bonds. The van der Waals surface area contributed by atoms with E-state index in [1.54, 1.807) is 6.92 Å². The van der Waals surface area contributed by atoms with Crippen LogP contribution in [-0.2, 0) is 15.7 Å². The first-order chi connectivity index (χ1) is 9.80. The number of hydrogen-bond acceptors (Lipinski definition) is 3. The summed E-state index contributed by atoms with van der Waals surface area (Å²) < 4.78 is 43.9. The van der Waals surface area contributed by atoms with Crippen LogP contribution < -0.4 is 10.6 Å². The topological polar surface area (TPSA) is 50.4 Å². The molecule has 0 aliphatic carbocycles. The fourth-order valence-electron chi connectivity index (χ4n) is 2.32. The Kier molecular flexibility index (Phi) is 6.22. The summed E-state index contributed by atoms with van der Waals surface area (Å²) in [5, 5.41) is 5.54. The first-order valence-corrected chi connectivity index (χ1v) is 6.63. The van der Waals surface area contributed by atoms with E-state index in [4.69, 9.17) is 4.74 Å². The lowest BCUT2D eigenvalue weighted by Gasteiger charge is -2.29. The van der Waals surface area contributed by atoms with E-state index < -0.39 is 23.7 Å². The van der Waals surface area contributed by atoms with Crippen molar-refractivity contribution in [2.75, 3.05) is 18.5 Å². The molecule has 4 nitrogen and oxygen atoms in total. The summed E-state index contributed by atoms with van der Waals surface area (Å²) in [5.74, 6) is -0.398. The fraction of sp³-hybridized carbons (Fsp3) is 0.500. The van der Waals surface area contributed by atoms with Crippen molar-refractivity contribution in [3.8, 4) is 0 Å². The van der Waals surface area contributed by atoms with Gasteiger partial charge in [-0.25, -0.2) is 0 Å². The van der Waals surface area contributed by atoms with Crippen LogP contribution in [0.3, 0.4) is 0 Å². The van der Waals surface area contributed by atoms with Crippen molar-refractivity contribution >= 4 is 24.0 Å². The maximum atomic E-state index is 12.8. The minimum atomic E-state index is -4.44. The Morgan fingerprint density at radius 1 is 1.41 bits per heavy atom. The largest absolute Gasteiger partial charge is 0.416 e. The van der Waals surface area contributed by atoms with Gasteiger partial charge in [0, 0.05) is 12.2 Å². The second-order valence-electron chi connectivity index (χ2n) is 4.97. The molecule has 1 aromatic carbocycles. The fourth-order valence-corrected chi connectivity index (χ4v) is 2.32. The third-order valence-corrected chi connectivity index (χ3v) is 3.50. The van der Waals surface area contributed by atoms with Crippen molar-refractivity contribution in [2.24, 2.45) is 0 Å². The molecule has 1 heterocycles. The normalized spacial score (nSPS) is 21.9. The number of ether oxygens (including phenoxy) is 1. The molecule has 22 heavy (non-hydrogen) atoms. The highest BCUT2D eigenvalue weighted by molar-refractivity contribution is 5.96. The summed E-state index contributed by atoms with van der Waals surface area (Å²) in [6.45, 7) is 4.12. The van der Waals surface area contributed by atoms with Crippen LogP contribution in [0.25, 0.3) is 0 Å². The van der Waals surface area contributed by atoms with Crippen LogP contribution in [0.15, 0.2) is 18.2 Å². The van der Waals surface area contributed by atoms with E-state index in [0.29, 0.717) is 13.2 Å². The van der Waals surface area contributed by atoms with E-state index >= 15 is 0 Å². The molecule has 1 saturated heterocycles. The molecule has 2 rings (SSSR count). The molecule has 0 aromatic heterocycles. The zero-order valence-corrected chi connectivity index (χ0v) is 13.0. The van der Waals surface area contributed by atoms with Gasteiger partial charge in [-0.05, 0) is 31.5 Å². The molecular formula is C14H18ClF3N2O2. The molecule has 1 aliphatic heterocycles. The van der Waals surface area contributed by atoms with Gasteiger partial charge in [0.1, 0.15) is 6.04 Å². The Balaban J connectivity index is 0.00000242. The minimum absolute atomic E-state index is 0. The van der Waals surface area contributed by atoms with Gasteiger partial charge < -0.3 is 15.4 Å². The molecule has 2 N–H and O–H groups in total. The Hall–Kier alpha value is -1.31. The summed E-state index contributed by atoms with van der Waals surface area (Å²) in [6.07, 6.45) is -4.77. The van der Waals surface area contributed by atoms with Crippen LogP contribution in [0.1, 0.15) is 18.1 Å². The van der Waals surface area contributed by atoms with Crippen molar-refractivity contribution in [2.45, 2.75) is 32.2 Å². The standard InChI is InChI=1S/C14H17F3N2O2.ClH/c1-8-10(14(15,16)17)4-3-5-11(8)19-13(20)12-9(2)21-7-6-18-12;/h3-5,9,12,18H,6-7H2,1-2H3,(H,19,20);1H/t9-,12+;/m1./s1. The van der Waals surface area contributed by atoms with E-state index in [9.17, 15) is 18.0 Å². The van der Waals surface area contributed by atoms with Gasteiger partial charge in [0.2, 0.25) is 5.91 Å². The van der Waals surface area contributed by atoms with Crippen LogP contribution in [0, 0.1) is 6.92 Å². The summed E-state index contributed by atoms with van der Waals surface area (Å²) in [7, 11) is 0. The molecule has 2 atom stereocenters. The Morgan fingerprint density at radius 2 is 2.09 bits per heavy atom. The smallest absolute Gasteiger partial charge is 0.375 e. The molecule has 1 fully saturated rings. The molecule has 8 heteroatoms. The molecule has 0 saturated carbocycles. The van der Waals surface area contributed by atoms with Crippen molar-refractivity contribution < 1.29 is 22.7 Å². The Labute approximate surface area is 132 Å². The highest BCUT2D eigenvalue weighted by Crippen LogP contribution is 2.34. The third-order valence-electron chi connectivity index (χ3n) is 3.50. The van der Waals surface area contributed by atoms with Gasteiger partial charge in [-0.2, -0.15) is 13.2 Å². The lowest BCUT2D eigenvalue weighted by Crippen LogP contribution is -2.53. The highest BCUT2D eigenvalue weighted by atomic mass is 35.5. The lowest BCUT2D eigenvalue weighted by atomic mass is 10.1. The molecule has 0 bridgehead atoms. The Morgan fingerprint density at radius 3 is 2.68 bits per heavy atom. The van der Waals surface area contributed by atoms with E-state index in [1.807, 2.05) is 0 Å². The van der Waals surface area contributed by atoms with E-state index in [-0.39, 0.29) is 29.8 Å². The number of amides is 1. The number of anilines is 1. The molecule has 1 aromatic rings. The van der Waals surface area contributed by atoms with E-state index in [1.165, 1.54) is 19.1 Å². The number of alkyl halides is 3. The number of nitrogens with one attached hydrogen (secondary N) is 2. The van der Waals surface area contributed by atoms with Gasteiger partial charge in [-0.3, -0.25) is 4.79 Å². The summed E-state index contributed by atoms with van der Waals surface area (Å²) in [5.41, 5.74) is -0.585. The molecule has 0 spiro atoms. The molecular weight excluding hydrogens is 321 g/mol. The average Bonchev–Trinajstić information content (AvgIpc) is 2.40. The molecule has 124 valence electrons. The van der Waals surface area contributed by atoms with Crippen molar-refractivity contribution in [1.29, 1.82) is 0 Å². The van der Waals surface area contributed by atoms with Crippen molar-refractivity contribution in [3.05, 3.63) is 29.3 Å². The summed E-state index contributed by atoms with van der Waals surface area (Å²) >= 11 is 0. The monoisotopic (exact) mass is 338 g/mol. The van der Waals surface area contributed by atoms with Crippen molar-refractivity contribution in [3.63, 3.8) is 0 Å². The maximum Gasteiger partial charge on any atom is 0.416 e. The first-order valence-electron chi connectivity index (χ1n) is 6.63. The van der Waals surface area contributed by atoms with Gasteiger partial charge in [-0.15, -0.1) is 12.4 Å². The number of halogens is 4. The first kappa shape index (κ1) is 18.7.